The second kappa shape index (κ2) is 6.64. The number of nitrogens with two attached hydrogens (primary N) is 1. The Morgan fingerprint density at radius 3 is 2.62 bits per heavy atom. The number of ether oxygens (including phenoxy) is 1. The molecule has 1 unspecified atom stereocenters. The second-order valence-corrected chi connectivity index (χ2v) is 6.10. The maximum absolute atomic E-state index is 6.07. The fourth-order valence-corrected chi connectivity index (χ4v) is 3.21. The van der Waals surface area contributed by atoms with Gasteiger partial charge in [-0.3, -0.25) is 4.90 Å². The van der Waals surface area contributed by atoms with Gasteiger partial charge in [-0.15, -0.1) is 0 Å². The van der Waals surface area contributed by atoms with Crippen LogP contribution >= 0.6 is 0 Å². The highest BCUT2D eigenvalue weighted by molar-refractivity contribution is 5.67. The van der Waals surface area contributed by atoms with E-state index < -0.39 is 0 Å². The zero-order valence-corrected chi connectivity index (χ0v) is 12.9. The summed E-state index contributed by atoms with van der Waals surface area (Å²) in [6.07, 6.45) is 0.358. The van der Waals surface area contributed by atoms with Gasteiger partial charge in [0.05, 0.1) is 24.1 Å². The number of nitrogen functional groups attached to an aromatic ring is 1. The Balaban J connectivity index is 1.50. The third-order valence-electron chi connectivity index (χ3n) is 4.45. The lowest BCUT2D eigenvalue weighted by atomic mass is 10.2. The Hall–Kier alpha value is -1.30. The summed E-state index contributed by atoms with van der Waals surface area (Å²) < 4.78 is 5.86. The minimum Gasteiger partial charge on any atom is -0.397 e. The van der Waals surface area contributed by atoms with Crippen molar-refractivity contribution in [2.45, 2.75) is 6.10 Å². The van der Waals surface area contributed by atoms with Crippen molar-refractivity contribution in [3.05, 3.63) is 24.3 Å². The molecular formula is C16H26N4O. The molecule has 21 heavy (non-hydrogen) atoms. The van der Waals surface area contributed by atoms with E-state index in [2.05, 4.69) is 33.9 Å². The fraction of sp³-hybridized carbons (Fsp3) is 0.625. The van der Waals surface area contributed by atoms with Crippen molar-refractivity contribution in [2.24, 2.45) is 0 Å². The van der Waals surface area contributed by atoms with Gasteiger partial charge in [0.1, 0.15) is 0 Å². The first-order valence-corrected chi connectivity index (χ1v) is 7.84. The van der Waals surface area contributed by atoms with Crippen LogP contribution in [0, 0.1) is 0 Å². The summed E-state index contributed by atoms with van der Waals surface area (Å²) in [5.74, 6) is 0. The van der Waals surface area contributed by atoms with Gasteiger partial charge in [0, 0.05) is 45.8 Å². The molecule has 2 heterocycles. The van der Waals surface area contributed by atoms with Crippen LogP contribution in [0.5, 0.6) is 0 Å². The van der Waals surface area contributed by atoms with Crippen LogP contribution in [0.2, 0.25) is 0 Å². The minimum absolute atomic E-state index is 0.358. The van der Waals surface area contributed by atoms with Crippen molar-refractivity contribution in [3.8, 4) is 0 Å². The number of rotatable bonds is 3. The van der Waals surface area contributed by atoms with Crippen LogP contribution in [-0.4, -0.2) is 75.4 Å². The number of para-hydroxylation sites is 2. The Labute approximate surface area is 127 Å². The molecule has 5 nitrogen and oxygen atoms in total. The van der Waals surface area contributed by atoms with Gasteiger partial charge in [0.25, 0.3) is 0 Å². The average molecular weight is 290 g/mol. The standard InChI is InChI=1S/C16H26N4O/c1-18-10-11-21-14(12-18)13-19-6-8-20(9-7-19)16-5-3-2-4-15(16)17/h2-5,14H,6-13,17H2,1H3. The van der Waals surface area contributed by atoms with Crippen LogP contribution in [-0.2, 0) is 4.74 Å². The summed E-state index contributed by atoms with van der Waals surface area (Å²) in [7, 11) is 2.17. The van der Waals surface area contributed by atoms with E-state index >= 15 is 0 Å². The Kier molecular flexibility index (Phi) is 4.63. The van der Waals surface area contributed by atoms with Gasteiger partial charge < -0.3 is 20.3 Å². The monoisotopic (exact) mass is 290 g/mol. The smallest absolute Gasteiger partial charge is 0.0829 e. The molecule has 2 N–H and O–H groups in total. The van der Waals surface area contributed by atoms with Crippen LogP contribution in [0.3, 0.4) is 0 Å². The van der Waals surface area contributed by atoms with E-state index in [4.69, 9.17) is 10.5 Å². The van der Waals surface area contributed by atoms with E-state index in [1.54, 1.807) is 0 Å². The molecule has 0 radical (unpaired) electrons. The third-order valence-corrected chi connectivity index (χ3v) is 4.45. The molecule has 2 aliphatic heterocycles. The third kappa shape index (κ3) is 3.67. The maximum atomic E-state index is 6.07. The molecule has 0 saturated carbocycles. The van der Waals surface area contributed by atoms with Gasteiger partial charge in [0.15, 0.2) is 0 Å². The van der Waals surface area contributed by atoms with Crippen molar-refractivity contribution in [3.63, 3.8) is 0 Å². The summed E-state index contributed by atoms with van der Waals surface area (Å²) in [5.41, 5.74) is 8.12. The van der Waals surface area contributed by atoms with Crippen molar-refractivity contribution in [2.75, 3.05) is 70.1 Å². The zero-order chi connectivity index (χ0) is 14.7. The predicted octanol–water partition coefficient (Wildman–Crippen LogP) is 0.721. The van der Waals surface area contributed by atoms with Crippen molar-refractivity contribution in [1.82, 2.24) is 9.80 Å². The van der Waals surface area contributed by atoms with E-state index in [0.29, 0.717) is 6.10 Å². The summed E-state index contributed by atoms with van der Waals surface area (Å²) >= 11 is 0. The van der Waals surface area contributed by atoms with Gasteiger partial charge in [-0.1, -0.05) is 12.1 Å². The quantitative estimate of drug-likeness (QED) is 0.831. The van der Waals surface area contributed by atoms with Gasteiger partial charge >= 0.3 is 0 Å². The summed E-state index contributed by atoms with van der Waals surface area (Å²) in [4.78, 5) is 7.26. The Morgan fingerprint density at radius 2 is 1.90 bits per heavy atom. The van der Waals surface area contributed by atoms with Gasteiger partial charge in [-0.25, -0.2) is 0 Å². The van der Waals surface area contributed by atoms with Gasteiger partial charge in [-0.2, -0.15) is 0 Å². The first kappa shape index (κ1) is 14.6. The zero-order valence-electron chi connectivity index (χ0n) is 12.9. The lowest BCUT2D eigenvalue weighted by Gasteiger charge is -2.39. The summed E-state index contributed by atoms with van der Waals surface area (Å²) in [6.45, 7) is 8.25. The fourth-order valence-electron chi connectivity index (χ4n) is 3.21. The molecule has 0 amide bonds. The van der Waals surface area contributed by atoms with E-state index in [1.807, 2.05) is 12.1 Å². The Bertz CT molecular complexity index is 459. The largest absolute Gasteiger partial charge is 0.397 e. The molecule has 1 atom stereocenters. The minimum atomic E-state index is 0.358. The molecule has 116 valence electrons. The van der Waals surface area contributed by atoms with Crippen molar-refractivity contribution >= 4 is 11.4 Å². The number of anilines is 2. The molecule has 1 aromatic carbocycles. The van der Waals surface area contributed by atoms with E-state index in [9.17, 15) is 0 Å². The number of morpholine rings is 1. The normalized spacial score (nSPS) is 25.2. The summed E-state index contributed by atoms with van der Waals surface area (Å²) in [5, 5.41) is 0. The highest BCUT2D eigenvalue weighted by atomic mass is 16.5. The molecule has 3 rings (SSSR count). The molecule has 5 heteroatoms. The lowest BCUT2D eigenvalue weighted by molar-refractivity contribution is -0.0361. The van der Waals surface area contributed by atoms with Crippen LogP contribution in [0.1, 0.15) is 0 Å². The topological polar surface area (TPSA) is 45.0 Å². The molecule has 0 spiro atoms. The van der Waals surface area contributed by atoms with Crippen molar-refractivity contribution < 1.29 is 4.74 Å². The van der Waals surface area contributed by atoms with E-state index in [1.165, 1.54) is 5.69 Å². The van der Waals surface area contributed by atoms with E-state index in [-0.39, 0.29) is 0 Å². The predicted molar refractivity (Wildman–Crippen MR) is 86.7 cm³/mol. The SMILES string of the molecule is CN1CCOC(CN2CCN(c3ccccc3N)CC2)C1. The van der Waals surface area contributed by atoms with Crippen LogP contribution in [0.25, 0.3) is 0 Å². The molecule has 0 aromatic heterocycles. The molecule has 2 aliphatic rings. The molecule has 2 fully saturated rings. The maximum Gasteiger partial charge on any atom is 0.0829 e. The molecule has 1 aromatic rings. The first-order chi connectivity index (χ1) is 10.2. The van der Waals surface area contributed by atoms with Gasteiger partial charge in [-0.05, 0) is 19.2 Å². The number of hydrogen-bond acceptors (Lipinski definition) is 5. The number of hydrogen-bond donors (Lipinski definition) is 1. The second-order valence-electron chi connectivity index (χ2n) is 6.10. The van der Waals surface area contributed by atoms with Crippen LogP contribution < -0.4 is 10.6 Å². The van der Waals surface area contributed by atoms with Crippen molar-refractivity contribution in [1.29, 1.82) is 0 Å². The first-order valence-electron chi connectivity index (χ1n) is 7.84. The number of piperazine rings is 1. The number of benzene rings is 1. The summed E-state index contributed by atoms with van der Waals surface area (Å²) in [6, 6.07) is 8.15. The van der Waals surface area contributed by atoms with Crippen LogP contribution in [0.4, 0.5) is 11.4 Å². The highest BCUT2D eigenvalue weighted by Gasteiger charge is 2.24. The molecular weight excluding hydrogens is 264 g/mol. The number of likely N-dealkylation sites (N-methyl/N-ethyl adjacent to an activating group) is 1. The Morgan fingerprint density at radius 1 is 1.14 bits per heavy atom. The molecule has 0 aliphatic carbocycles. The highest BCUT2D eigenvalue weighted by Crippen LogP contribution is 2.23. The van der Waals surface area contributed by atoms with E-state index in [0.717, 1.165) is 58.1 Å². The average Bonchev–Trinajstić information content (AvgIpc) is 2.49. The lowest BCUT2D eigenvalue weighted by Crippen LogP contribution is -2.52. The van der Waals surface area contributed by atoms with Crippen LogP contribution in [0.15, 0.2) is 24.3 Å². The molecule has 0 bridgehead atoms. The van der Waals surface area contributed by atoms with Gasteiger partial charge in [0.2, 0.25) is 0 Å². The molecule has 2 saturated heterocycles. The number of nitrogens with zero attached hydrogens (tertiary/aromatic N) is 3.